The summed E-state index contributed by atoms with van der Waals surface area (Å²) < 4.78 is 4.93. The summed E-state index contributed by atoms with van der Waals surface area (Å²) in [5.74, 6) is -0.0952. The first-order chi connectivity index (χ1) is 10.7. The number of hydrogen-bond acceptors (Lipinski definition) is 3. The van der Waals surface area contributed by atoms with Gasteiger partial charge in [-0.3, -0.25) is 9.59 Å². The van der Waals surface area contributed by atoms with E-state index in [-0.39, 0.29) is 11.8 Å². The Morgan fingerprint density at radius 1 is 1.09 bits per heavy atom. The summed E-state index contributed by atoms with van der Waals surface area (Å²) in [5, 5.41) is 5.66. The molecule has 2 amide bonds. The molecule has 0 bridgehead atoms. The molecule has 0 aromatic heterocycles. The Bertz CT molecular complexity index is 457. The minimum atomic E-state index is -0.114. The fourth-order valence-corrected chi connectivity index (χ4v) is 1.98. The van der Waals surface area contributed by atoms with Crippen LogP contribution in [0.5, 0.6) is 0 Å². The van der Waals surface area contributed by atoms with Gasteiger partial charge in [0, 0.05) is 37.9 Å². The summed E-state index contributed by atoms with van der Waals surface area (Å²) in [4.78, 5) is 23.6. The highest BCUT2D eigenvalue weighted by Crippen LogP contribution is 2.11. The van der Waals surface area contributed by atoms with E-state index in [1.54, 1.807) is 31.4 Å². The second-order valence-electron chi connectivity index (χ2n) is 5.18. The number of methoxy groups -OCH3 is 1. The van der Waals surface area contributed by atoms with Crippen LogP contribution in [0.4, 0.5) is 5.69 Å². The SMILES string of the molecule is CCCCCC(=O)Nc1ccc(C(=O)NCCCOC)cc1. The number of benzene rings is 1. The highest BCUT2D eigenvalue weighted by atomic mass is 16.5. The van der Waals surface area contributed by atoms with Gasteiger partial charge in [-0.15, -0.1) is 0 Å². The van der Waals surface area contributed by atoms with Gasteiger partial charge in [-0.1, -0.05) is 19.8 Å². The van der Waals surface area contributed by atoms with Crippen molar-refractivity contribution >= 4 is 17.5 Å². The summed E-state index contributed by atoms with van der Waals surface area (Å²) in [5.41, 5.74) is 1.30. The molecule has 0 heterocycles. The summed E-state index contributed by atoms with van der Waals surface area (Å²) in [7, 11) is 1.64. The Kier molecular flexibility index (Phi) is 8.91. The van der Waals surface area contributed by atoms with Crippen molar-refractivity contribution in [3.63, 3.8) is 0 Å². The summed E-state index contributed by atoms with van der Waals surface area (Å²) in [6, 6.07) is 6.93. The first kappa shape index (κ1) is 18.2. The number of amides is 2. The largest absolute Gasteiger partial charge is 0.385 e. The molecule has 22 heavy (non-hydrogen) atoms. The molecule has 5 nitrogen and oxygen atoms in total. The van der Waals surface area contributed by atoms with Crippen LogP contribution in [0.1, 0.15) is 49.4 Å². The number of carbonyl (C=O) groups excluding carboxylic acids is 2. The van der Waals surface area contributed by atoms with Crippen molar-refractivity contribution < 1.29 is 14.3 Å². The number of unbranched alkanes of at least 4 members (excludes halogenated alkanes) is 2. The monoisotopic (exact) mass is 306 g/mol. The molecule has 0 unspecified atom stereocenters. The van der Waals surface area contributed by atoms with E-state index in [1.807, 2.05) is 0 Å². The first-order valence-corrected chi connectivity index (χ1v) is 7.84. The molecule has 0 radical (unpaired) electrons. The van der Waals surface area contributed by atoms with Crippen LogP contribution in [0, 0.1) is 0 Å². The van der Waals surface area contributed by atoms with E-state index in [0.29, 0.717) is 25.1 Å². The maximum Gasteiger partial charge on any atom is 0.251 e. The predicted molar refractivity (Wildman–Crippen MR) is 88.0 cm³/mol. The maximum absolute atomic E-state index is 11.9. The van der Waals surface area contributed by atoms with Crippen LogP contribution in [0.3, 0.4) is 0 Å². The molecular weight excluding hydrogens is 280 g/mol. The molecule has 0 spiro atoms. The standard InChI is InChI=1S/C17H26N2O3/c1-3-4-5-7-16(20)19-15-10-8-14(9-11-15)17(21)18-12-6-13-22-2/h8-11H,3-7,12-13H2,1-2H3,(H,18,21)(H,19,20). The van der Waals surface area contributed by atoms with Crippen LogP contribution in [-0.2, 0) is 9.53 Å². The Balaban J connectivity index is 2.38. The van der Waals surface area contributed by atoms with Crippen molar-refractivity contribution in [1.29, 1.82) is 0 Å². The lowest BCUT2D eigenvalue weighted by molar-refractivity contribution is -0.116. The Labute approximate surface area is 132 Å². The Morgan fingerprint density at radius 2 is 1.82 bits per heavy atom. The van der Waals surface area contributed by atoms with E-state index in [0.717, 1.165) is 31.4 Å². The fourth-order valence-electron chi connectivity index (χ4n) is 1.98. The molecule has 1 aromatic rings. The van der Waals surface area contributed by atoms with Gasteiger partial charge < -0.3 is 15.4 Å². The van der Waals surface area contributed by atoms with Crippen LogP contribution in [-0.4, -0.2) is 32.1 Å². The Hall–Kier alpha value is -1.88. The quantitative estimate of drug-likeness (QED) is 0.653. The lowest BCUT2D eigenvalue weighted by Gasteiger charge is -2.07. The topological polar surface area (TPSA) is 67.4 Å². The third kappa shape index (κ3) is 7.22. The average molecular weight is 306 g/mol. The third-order valence-corrected chi connectivity index (χ3v) is 3.25. The number of carbonyl (C=O) groups is 2. The Morgan fingerprint density at radius 3 is 2.45 bits per heavy atom. The average Bonchev–Trinajstić information content (AvgIpc) is 2.52. The van der Waals surface area contributed by atoms with Crippen molar-refractivity contribution in [2.24, 2.45) is 0 Å². The second-order valence-corrected chi connectivity index (χ2v) is 5.18. The molecule has 0 aliphatic rings. The fraction of sp³-hybridized carbons (Fsp3) is 0.529. The van der Waals surface area contributed by atoms with Crippen LogP contribution in [0.25, 0.3) is 0 Å². The lowest BCUT2D eigenvalue weighted by Crippen LogP contribution is -2.25. The lowest BCUT2D eigenvalue weighted by atomic mass is 10.1. The van der Waals surface area contributed by atoms with Crippen molar-refractivity contribution in [3.05, 3.63) is 29.8 Å². The number of hydrogen-bond donors (Lipinski definition) is 2. The van der Waals surface area contributed by atoms with Crippen molar-refractivity contribution in [2.45, 2.75) is 39.0 Å². The molecule has 5 heteroatoms. The normalized spacial score (nSPS) is 10.3. The molecule has 0 saturated heterocycles. The molecule has 122 valence electrons. The molecule has 0 aliphatic heterocycles. The predicted octanol–water partition coefficient (Wildman–Crippen LogP) is 2.97. The highest BCUT2D eigenvalue weighted by Gasteiger charge is 2.06. The molecule has 1 rings (SSSR count). The zero-order chi connectivity index (χ0) is 16.2. The number of nitrogens with one attached hydrogen (secondary N) is 2. The minimum Gasteiger partial charge on any atom is -0.385 e. The molecule has 0 fully saturated rings. The highest BCUT2D eigenvalue weighted by molar-refractivity contribution is 5.95. The van der Waals surface area contributed by atoms with Gasteiger partial charge in [-0.2, -0.15) is 0 Å². The van der Waals surface area contributed by atoms with E-state index in [2.05, 4.69) is 17.6 Å². The van der Waals surface area contributed by atoms with Gasteiger partial charge in [0.05, 0.1) is 0 Å². The van der Waals surface area contributed by atoms with Gasteiger partial charge in [0.25, 0.3) is 5.91 Å². The minimum absolute atomic E-state index is 0.0187. The maximum atomic E-state index is 11.9. The van der Waals surface area contributed by atoms with E-state index in [4.69, 9.17) is 4.74 Å². The van der Waals surface area contributed by atoms with E-state index in [1.165, 1.54) is 0 Å². The number of anilines is 1. The smallest absolute Gasteiger partial charge is 0.251 e. The first-order valence-electron chi connectivity index (χ1n) is 7.84. The molecule has 0 saturated carbocycles. The van der Waals surface area contributed by atoms with Gasteiger partial charge >= 0.3 is 0 Å². The number of ether oxygens (including phenoxy) is 1. The van der Waals surface area contributed by atoms with Crippen LogP contribution < -0.4 is 10.6 Å². The van der Waals surface area contributed by atoms with E-state index < -0.39 is 0 Å². The zero-order valence-corrected chi connectivity index (χ0v) is 13.5. The summed E-state index contributed by atoms with van der Waals surface area (Å²) in [6.07, 6.45) is 4.39. The van der Waals surface area contributed by atoms with Gasteiger partial charge in [-0.25, -0.2) is 0 Å². The van der Waals surface area contributed by atoms with Gasteiger partial charge in [0.2, 0.25) is 5.91 Å². The summed E-state index contributed by atoms with van der Waals surface area (Å²) >= 11 is 0. The molecular formula is C17H26N2O3. The summed E-state index contributed by atoms with van der Waals surface area (Å²) in [6.45, 7) is 3.32. The molecule has 1 aromatic carbocycles. The van der Waals surface area contributed by atoms with E-state index >= 15 is 0 Å². The molecule has 0 atom stereocenters. The van der Waals surface area contributed by atoms with Crippen molar-refractivity contribution in [2.75, 3.05) is 25.6 Å². The molecule has 2 N–H and O–H groups in total. The molecule has 0 aliphatic carbocycles. The van der Waals surface area contributed by atoms with E-state index in [9.17, 15) is 9.59 Å². The number of rotatable bonds is 10. The van der Waals surface area contributed by atoms with Crippen LogP contribution in [0.2, 0.25) is 0 Å². The van der Waals surface area contributed by atoms with Gasteiger partial charge in [0.1, 0.15) is 0 Å². The van der Waals surface area contributed by atoms with Gasteiger partial charge in [-0.05, 0) is 37.1 Å². The zero-order valence-electron chi connectivity index (χ0n) is 13.5. The van der Waals surface area contributed by atoms with Crippen LogP contribution in [0.15, 0.2) is 24.3 Å². The third-order valence-electron chi connectivity index (χ3n) is 3.25. The van der Waals surface area contributed by atoms with Crippen LogP contribution >= 0.6 is 0 Å². The van der Waals surface area contributed by atoms with Gasteiger partial charge in [0.15, 0.2) is 0 Å². The van der Waals surface area contributed by atoms with Crippen molar-refractivity contribution in [3.8, 4) is 0 Å². The second kappa shape index (κ2) is 10.8. The van der Waals surface area contributed by atoms with Crippen molar-refractivity contribution in [1.82, 2.24) is 5.32 Å².